The van der Waals surface area contributed by atoms with Gasteiger partial charge in [0.15, 0.2) is 0 Å². The van der Waals surface area contributed by atoms with Gasteiger partial charge in [-0.25, -0.2) is 0 Å². The first kappa shape index (κ1) is 10.3. The second-order valence-corrected chi connectivity index (χ2v) is 4.26. The van der Waals surface area contributed by atoms with Crippen molar-refractivity contribution in [2.45, 2.75) is 37.6 Å². The lowest BCUT2D eigenvalue weighted by Gasteiger charge is -2.18. The molecule has 0 saturated carbocycles. The van der Waals surface area contributed by atoms with Crippen LogP contribution in [0.3, 0.4) is 0 Å². The maximum atomic E-state index is 3.69. The molecule has 1 atom stereocenters. The van der Waals surface area contributed by atoms with E-state index >= 15 is 0 Å². The molecule has 0 aliphatic heterocycles. The average molecular weight is 187 g/mol. The molecule has 1 aliphatic rings. The lowest BCUT2D eigenvalue weighted by Crippen LogP contribution is -2.07. The van der Waals surface area contributed by atoms with Crippen molar-refractivity contribution in [3.63, 3.8) is 0 Å². The fourth-order valence-corrected chi connectivity index (χ4v) is 1.50. The summed E-state index contributed by atoms with van der Waals surface area (Å²) >= 11 is 0. The molecule has 1 aliphatic carbocycles. The summed E-state index contributed by atoms with van der Waals surface area (Å²) in [4.78, 5) is 0. The summed E-state index contributed by atoms with van der Waals surface area (Å²) in [7, 11) is 3.69. The van der Waals surface area contributed by atoms with Gasteiger partial charge in [0.2, 0.25) is 0 Å². The van der Waals surface area contributed by atoms with Crippen LogP contribution in [0, 0.1) is 11.8 Å². The maximum Gasteiger partial charge on any atom is 0.0554 e. The van der Waals surface area contributed by atoms with Crippen LogP contribution in [-0.4, -0.2) is 10.2 Å². The van der Waals surface area contributed by atoms with Gasteiger partial charge in [0.05, 0.1) is 10.2 Å². The van der Waals surface area contributed by atoms with Gasteiger partial charge in [-0.05, 0) is 12.8 Å². The summed E-state index contributed by atoms with van der Waals surface area (Å²) in [5.41, 5.74) is 0. The molecular formula is C12H15Si. The molecule has 0 spiro atoms. The van der Waals surface area contributed by atoms with Crippen molar-refractivity contribution in [1.29, 1.82) is 0 Å². The summed E-state index contributed by atoms with van der Waals surface area (Å²) < 4.78 is 0. The lowest BCUT2D eigenvalue weighted by atomic mass is 10.00. The molecule has 1 rings (SSSR count). The number of allylic oxidation sites excluding steroid dienone is 4. The Labute approximate surface area is 84.5 Å². The van der Waals surface area contributed by atoms with Crippen LogP contribution in [-0.2, 0) is 0 Å². The van der Waals surface area contributed by atoms with Crippen LogP contribution in [0.4, 0.5) is 0 Å². The molecule has 0 nitrogen and oxygen atoms in total. The molecule has 1 heteroatoms. The quantitative estimate of drug-likeness (QED) is 0.354. The Hall–Kier alpha value is -0.743. The lowest BCUT2D eigenvalue weighted by molar-refractivity contribution is 0.822. The molecule has 0 amide bonds. The maximum absolute atomic E-state index is 3.69. The largest absolute Gasteiger partial charge is 0.103 e. The predicted octanol–water partition coefficient (Wildman–Crippen LogP) is 3.02. The van der Waals surface area contributed by atoms with Crippen LogP contribution in [0.25, 0.3) is 0 Å². The standard InChI is InChI=1S/C12H15Si/c1-2-3-4-6-9-12(13)10-7-5-8-11-12/h5,7-8,10H,2-4,11H2,1H3. The van der Waals surface area contributed by atoms with Gasteiger partial charge in [-0.2, -0.15) is 0 Å². The van der Waals surface area contributed by atoms with Crippen LogP contribution in [0.1, 0.15) is 32.6 Å². The molecule has 0 heterocycles. The van der Waals surface area contributed by atoms with E-state index in [1.807, 2.05) is 6.08 Å². The Morgan fingerprint density at radius 3 is 2.92 bits per heavy atom. The number of hydrogen-bond acceptors (Lipinski definition) is 0. The van der Waals surface area contributed by atoms with Crippen molar-refractivity contribution in [1.82, 2.24) is 0 Å². The summed E-state index contributed by atoms with van der Waals surface area (Å²) in [5.74, 6) is 6.47. The minimum atomic E-state index is -0.0948. The van der Waals surface area contributed by atoms with Gasteiger partial charge in [-0.15, -0.1) is 5.92 Å². The number of hydrogen-bond donors (Lipinski definition) is 0. The van der Waals surface area contributed by atoms with Crippen molar-refractivity contribution in [3.8, 4) is 11.8 Å². The van der Waals surface area contributed by atoms with Crippen molar-refractivity contribution in [3.05, 3.63) is 24.3 Å². The highest BCUT2D eigenvalue weighted by atomic mass is 28.1. The third kappa shape index (κ3) is 3.65. The van der Waals surface area contributed by atoms with Crippen LogP contribution in [0.15, 0.2) is 24.3 Å². The highest BCUT2D eigenvalue weighted by molar-refractivity contribution is 6.19. The van der Waals surface area contributed by atoms with E-state index in [-0.39, 0.29) is 5.04 Å². The van der Waals surface area contributed by atoms with Crippen molar-refractivity contribution in [2.75, 3.05) is 0 Å². The zero-order chi connectivity index (χ0) is 9.57. The molecule has 0 aromatic carbocycles. The van der Waals surface area contributed by atoms with E-state index in [4.69, 9.17) is 0 Å². The summed E-state index contributed by atoms with van der Waals surface area (Å²) in [6, 6.07) is 0. The second kappa shape index (κ2) is 5.09. The molecule has 1 unspecified atom stereocenters. The zero-order valence-electron chi connectivity index (χ0n) is 8.14. The number of rotatable bonds is 2. The normalized spacial score (nSPS) is 25.4. The minimum Gasteiger partial charge on any atom is -0.103 e. The zero-order valence-corrected chi connectivity index (χ0v) is 9.14. The first-order chi connectivity index (χ1) is 6.27. The molecule has 0 saturated heterocycles. The molecule has 0 N–H and O–H groups in total. The van der Waals surface area contributed by atoms with E-state index in [2.05, 4.69) is 47.2 Å². The first-order valence-electron chi connectivity index (χ1n) is 4.86. The Morgan fingerprint density at radius 1 is 1.46 bits per heavy atom. The van der Waals surface area contributed by atoms with Crippen LogP contribution < -0.4 is 0 Å². The molecule has 0 bridgehead atoms. The van der Waals surface area contributed by atoms with E-state index < -0.39 is 0 Å². The second-order valence-electron chi connectivity index (χ2n) is 3.37. The van der Waals surface area contributed by atoms with Crippen molar-refractivity contribution >= 4 is 10.2 Å². The Kier molecular flexibility index (Phi) is 4.05. The van der Waals surface area contributed by atoms with E-state index in [0.29, 0.717) is 0 Å². The Balaban J connectivity index is 2.45. The van der Waals surface area contributed by atoms with Crippen LogP contribution in [0.5, 0.6) is 0 Å². The monoisotopic (exact) mass is 187 g/mol. The van der Waals surface area contributed by atoms with E-state index in [0.717, 1.165) is 12.8 Å². The summed E-state index contributed by atoms with van der Waals surface area (Å²) in [6.07, 6.45) is 12.8. The molecule has 67 valence electrons. The van der Waals surface area contributed by atoms with Gasteiger partial charge in [0.25, 0.3) is 0 Å². The fourth-order valence-electron chi connectivity index (χ4n) is 1.20. The Morgan fingerprint density at radius 2 is 2.31 bits per heavy atom. The topological polar surface area (TPSA) is 0 Å². The number of unbranched alkanes of at least 4 members (excludes halogenated alkanes) is 2. The van der Waals surface area contributed by atoms with Crippen LogP contribution >= 0.6 is 0 Å². The van der Waals surface area contributed by atoms with Gasteiger partial charge < -0.3 is 0 Å². The molecule has 13 heavy (non-hydrogen) atoms. The summed E-state index contributed by atoms with van der Waals surface area (Å²) in [6.45, 7) is 2.19. The molecule has 0 aromatic rings. The van der Waals surface area contributed by atoms with E-state index in [1.165, 1.54) is 12.8 Å². The van der Waals surface area contributed by atoms with Gasteiger partial charge in [0.1, 0.15) is 0 Å². The predicted molar refractivity (Wildman–Crippen MR) is 58.6 cm³/mol. The molecule has 0 fully saturated rings. The van der Waals surface area contributed by atoms with E-state index in [9.17, 15) is 0 Å². The first-order valence-corrected chi connectivity index (χ1v) is 5.36. The molecule has 0 aromatic heterocycles. The van der Waals surface area contributed by atoms with Gasteiger partial charge in [0, 0.05) is 11.5 Å². The fraction of sp³-hybridized carbons (Fsp3) is 0.500. The van der Waals surface area contributed by atoms with Gasteiger partial charge in [-0.1, -0.05) is 43.6 Å². The highest BCUT2D eigenvalue weighted by Gasteiger charge is 2.16. The smallest absolute Gasteiger partial charge is 0.0554 e. The van der Waals surface area contributed by atoms with Gasteiger partial charge >= 0.3 is 0 Å². The van der Waals surface area contributed by atoms with Crippen molar-refractivity contribution in [2.24, 2.45) is 0 Å². The third-order valence-electron chi connectivity index (χ3n) is 2.03. The highest BCUT2D eigenvalue weighted by Crippen LogP contribution is 2.30. The SMILES string of the molecule is CCCCC#CC1([Si])C=CC=CC1. The summed E-state index contributed by atoms with van der Waals surface area (Å²) in [5, 5.41) is -0.0948. The van der Waals surface area contributed by atoms with Crippen LogP contribution in [0.2, 0.25) is 5.04 Å². The average Bonchev–Trinajstić information content (AvgIpc) is 2.14. The molecule has 3 radical (unpaired) electrons. The van der Waals surface area contributed by atoms with Gasteiger partial charge in [-0.3, -0.25) is 0 Å². The minimum absolute atomic E-state index is 0.0948. The third-order valence-corrected chi connectivity index (χ3v) is 2.53. The molecular weight excluding hydrogens is 172 g/mol. The Bertz CT molecular complexity index is 265. The van der Waals surface area contributed by atoms with E-state index in [1.54, 1.807) is 0 Å². The van der Waals surface area contributed by atoms with Crippen molar-refractivity contribution < 1.29 is 0 Å².